The van der Waals surface area contributed by atoms with Crippen LogP contribution in [0.1, 0.15) is 62.2 Å². The second-order valence-corrected chi connectivity index (χ2v) is 10.4. The number of benzene rings is 2. The summed E-state index contributed by atoms with van der Waals surface area (Å²) >= 11 is 0. The van der Waals surface area contributed by atoms with Gasteiger partial charge in [-0.05, 0) is 79.8 Å². The molecule has 2 aromatic carbocycles. The van der Waals surface area contributed by atoms with Gasteiger partial charge in [-0.15, -0.1) is 0 Å². The first-order chi connectivity index (χ1) is 18.7. The number of ether oxygens (including phenoxy) is 2. The summed E-state index contributed by atoms with van der Waals surface area (Å²) in [6.07, 6.45) is 3.68. The normalized spacial score (nSPS) is 11.8. The second kappa shape index (κ2) is 14.4. The third-order valence-corrected chi connectivity index (χ3v) is 7.11. The molecule has 0 radical (unpaired) electrons. The Hall–Kier alpha value is -3.74. The molecule has 1 atom stereocenters. The highest BCUT2D eigenvalue weighted by Gasteiger charge is 2.26. The first-order valence-corrected chi connectivity index (χ1v) is 13.7. The summed E-state index contributed by atoms with van der Waals surface area (Å²) in [6.45, 7) is 10.1. The standard InChI is InChI=1S/C32H43N3O4/c1-7-25(4)35(22-28-11-9-18-33(28)21-26-10-8-12-30(20-26)39-6)31(36)23-34(19-17-24(2)3)32(37)27-13-15-29(38-5)16-14-27/h8-16,18,20,24-25H,7,17,19,21-23H2,1-6H3. The van der Waals surface area contributed by atoms with Crippen molar-refractivity contribution < 1.29 is 19.1 Å². The monoisotopic (exact) mass is 533 g/mol. The fourth-order valence-electron chi connectivity index (χ4n) is 4.44. The van der Waals surface area contributed by atoms with Crippen molar-refractivity contribution in [3.8, 4) is 11.5 Å². The number of methoxy groups -OCH3 is 2. The lowest BCUT2D eigenvalue weighted by atomic mass is 10.1. The van der Waals surface area contributed by atoms with Gasteiger partial charge in [-0.1, -0.05) is 32.9 Å². The molecule has 0 bridgehead atoms. The molecule has 0 saturated heterocycles. The molecule has 0 N–H and O–H groups in total. The third kappa shape index (κ3) is 8.37. The van der Waals surface area contributed by atoms with Gasteiger partial charge in [-0.25, -0.2) is 0 Å². The highest BCUT2D eigenvalue weighted by molar-refractivity contribution is 5.96. The van der Waals surface area contributed by atoms with E-state index in [-0.39, 0.29) is 24.4 Å². The van der Waals surface area contributed by atoms with E-state index in [1.54, 1.807) is 43.4 Å². The van der Waals surface area contributed by atoms with E-state index in [0.717, 1.165) is 29.8 Å². The predicted octanol–water partition coefficient (Wildman–Crippen LogP) is 5.87. The van der Waals surface area contributed by atoms with Crippen LogP contribution in [0.15, 0.2) is 66.9 Å². The molecule has 210 valence electrons. The van der Waals surface area contributed by atoms with Crippen molar-refractivity contribution in [2.24, 2.45) is 5.92 Å². The van der Waals surface area contributed by atoms with Gasteiger partial charge in [0.15, 0.2) is 0 Å². The van der Waals surface area contributed by atoms with Gasteiger partial charge in [0.1, 0.15) is 18.0 Å². The molecule has 0 aliphatic rings. The number of amides is 2. The number of carbonyl (C=O) groups excluding carboxylic acids is 2. The lowest BCUT2D eigenvalue weighted by Gasteiger charge is -2.32. The number of nitrogens with zero attached hydrogens (tertiary/aromatic N) is 3. The fraction of sp³-hybridized carbons (Fsp3) is 0.438. The Morgan fingerprint density at radius 1 is 0.923 bits per heavy atom. The Morgan fingerprint density at radius 2 is 1.64 bits per heavy atom. The molecule has 39 heavy (non-hydrogen) atoms. The van der Waals surface area contributed by atoms with E-state index < -0.39 is 0 Å². The summed E-state index contributed by atoms with van der Waals surface area (Å²) in [7, 11) is 3.26. The number of hydrogen-bond acceptors (Lipinski definition) is 4. The van der Waals surface area contributed by atoms with Crippen LogP contribution in [0.25, 0.3) is 0 Å². The van der Waals surface area contributed by atoms with Crippen molar-refractivity contribution in [3.63, 3.8) is 0 Å². The molecule has 1 unspecified atom stereocenters. The Morgan fingerprint density at radius 3 is 2.28 bits per heavy atom. The van der Waals surface area contributed by atoms with Crippen molar-refractivity contribution in [2.45, 2.75) is 59.7 Å². The van der Waals surface area contributed by atoms with Crippen molar-refractivity contribution in [1.82, 2.24) is 14.4 Å². The Balaban J connectivity index is 1.80. The van der Waals surface area contributed by atoms with Crippen LogP contribution < -0.4 is 9.47 Å². The minimum Gasteiger partial charge on any atom is -0.497 e. The average molecular weight is 534 g/mol. The first kappa shape index (κ1) is 29.8. The molecule has 0 aliphatic heterocycles. The summed E-state index contributed by atoms with van der Waals surface area (Å²) in [6, 6.07) is 19.2. The van der Waals surface area contributed by atoms with E-state index in [1.807, 2.05) is 35.4 Å². The van der Waals surface area contributed by atoms with Crippen molar-refractivity contribution in [2.75, 3.05) is 27.3 Å². The van der Waals surface area contributed by atoms with E-state index in [0.29, 0.717) is 36.9 Å². The molecule has 3 rings (SSSR count). The number of carbonyl (C=O) groups is 2. The Kier molecular flexibility index (Phi) is 11.0. The lowest BCUT2D eigenvalue weighted by molar-refractivity contribution is -0.134. The maximum absolute atomic E-state index is 13.8. The van der Waals surface area contributed by atoms with Gasteiger partial charge in [0.2, 0.25) is 5.91 Å². The number of rotatable bonds is 14. The SMILES string of the molecule is CCC(C)N(Cc1cccn1Cc1cccc(OC)c1)C(=O)CN(CCC(C)C)C(=O)c1ccc(OC)cc1. The second-order valence-electron chi connectivity index (χ2n) is 10.4. The molecular weight excluding hydrogens is 490 g/mol. The average Bonchev–Trinajstić information content (AvgIpc) is 3.39. The maximum atomic E-state index is 13.8. The van der Waals surface area contributed by atoms with E-state index in [9.17, 15) is 9.59 Å². The Labute approximate surface area is 233 Å². The van der Waals surface area contributed by atoms with E-state index in [1.165, 1.54) is 0 Å². The molecule has 2 amide bonds. The molecule has 1 aromatic heterocycles. The van der Waals surface area contributed by atoms with Crippen molar-refractivity contribution >= 4 is 11.8 Å². The molecule has 0 saturated carbocycles. The fourth-order valence-corrected chi connectivity index (χ4v) is 4.44. The van der Waals surface area contributed by atoms with Gasteiger partial charge in [0.05, 0.1) is 20.8 Å². The lowest BCUT2D eigenvalue weighted by Crippen LogP contribution is -2.46. The van der Waals surface area contributed by atoms with Crippen LogP contribution in [-0.2, 0) is 17.9 Å². The zero-order valence-electron chi connectivity index (χ0n) is 24.2. The quantitative estimate of drug-likeness (QED) is 0.260. The molecule has 1 heterocycles. The smallest absolute Gasteiger partial charge is 0.254 e. The zero-order chi connectivity index (χ0) is 28.4. The summed E-state index contributed by atoms with van der Waals surface area (Å²) < 4.78 is 12.8. The molecule has 0 fully saturated rings. The minimum absolute atomic E-state index is 0.0284. The van der Waals surface area contributed by atoms with Gasteiger partial charge in [0, 0.05) is 36.6 Å². The number of aromatic nitrogens is 1. The van der Waals surface area contributed by atoms with Crippen LogP contribution >= 0.6 is 0 Å². The molecule has 0 spiro atoms. The largest absolute Gasteiger partial charge is 0.497 e. The summed E-state index contributed by atoms with van der Waals surface area (Å²) in [5.74, 6) is 1.73. The van der Waals surface area contributed by atoms with Gasteiger partial charge in [-0.3, -0.25) is 9.59 Å². The first-order valence-electron chi connectivity index (χ1n) is 13.7. The predicted molar refractivity (Wildman–Crippen MR) is 155 cm³/mol. The summed E-state index contributed by atoms with van der Waals surface area (Å²) in [5.41, 5.74) is 2.72. The summed E-state index contributed by atoms with van der Waals surface area (Å²) in [4.78, 5) is 30.9. The van der Waals surface area contributed by atoms with Crippen LogP contribution in [0.4, 0.5) is 0 Å². The minimum atomic E-state index is -0.142. The Bertz CT molecular complexity index is 1200. The van der Waals surface area contributed by atoms with Gasteiger partial charge >= 0.3 is 0 Å². The van der Waals surface area contributed by atoms with Crippen LogP contribution in [0.3, 0.4) is 0 Å². The van der Waals surface area contributed by atoms with Crippen LogP contribution in [0, 0.1) is 5.92 Å². The van der Waals surface area contributed by atoms with Crippen molar-refractivity contribution in [1.29, 1.82) is 0 Å². The van der Waals surface area contributed by atoms with E-state index in [4.69, 9.17) is 9.47 Å². The van der Waals surface area contributed by atoms with Crippen LogP contribution in [0.5, 0.6) is 11.5 Å². The van der Waals surface area contributed by atoms with Gasteiger partial charge in [0.25, 0.3) is 5.91 Å². The van der Waals surface area contributed by atoms with Gasteiger partial charge < -0.3 is 23.8 Å². The molecular formula is C32H43N3O4. The number of hydrogen-bond donors (Lipinski definition) is 0. The highest BCUT2D eigenvalue weighted by Crippen LogP contribution is 2.19. The maximum Gasteiger partial charge on any atom is 0.254 e. The highest BCUT2D eigenvalue weighted by atomic mass is 16.5. The van der Waals surface area contributed by atoms with Crippen LogP contribution in [-0.4, -0.2) is 59.5 Å². The molecule has 0 aliphatic carbocycles. The molecule has 7 nitrogen and oxygen atoms in total. The van der Waals surface area contributed by atoms with Crippen molar-refractivity contribution in [3.05, 3.63) is 83.7 Å². The molecule has 7 heteroatoms. The topological polar surface area (TPSA) is 64.0 Å². The van der Waals surface area contributed by atoms with E-state index >= 15 is 0 Å². The third-order valence-electron chi connectivity index (χ3n) is 7.11. The summed E-state index contributed by atoms with van der Waals surface area (Å²) in [5, 5.41) is 0. The van der Waals surface area contributed by atoms with Gasteiger partial charge in [-0.2, -0.15) is 0 Å². The molecule has 3 aromatic rings. The zero-order valence-corrected chi connectivity index (χ0v) is 24.2. The van der Waals surface area contributed by atoms with E-state index in [2.05, 4.69) is 44.4 Å². The van der Waals surface area contributed by atoms with Crippen LogP contribution in [0.2, 0.25) is 0 Å².